The van der Waals surface area contributed by atoms with Gasteiger partial charge in [0.15, 0.2) is 0 Å². The van der Waals surface area contributed by atoms with Gasteiger partial charge in [-0.15, -0.1) is 0 Å². The maximum Gasteiger partial charge on any atom is 0.341 e. The predicted molar refractivity (Wildman–Crippen MR) is 106 cm³/mol. The molecule has 28 heavy (non-hydrogen) atoms. The van der Waals surface area contributed by atoms with Crippen LogP contribution in [0.3, 0.4) is 0 Å². The Hall–Kier alpha value is -2.36. The first-order valence-electron chi connectivity index (χ1n) is 8.47. The number of carbonyl (C=O) groups is 2. The second kappa shape index (κ2) is 8.76. The number of nitrogens with zero attached hydrogens (tertiary/aromatic N) is 1. The van der Waals surface area contributed by atoms with Gasteiger partial charge in [-0.25, -0.2) is 17.9 Å². The summed E-state index contributed by atoms with van der Waals surface area (Å²) in [4.78, 5) is 24.2. The summed E-state index contributed by atoms with van der Waals surface area (Å²) in [6.07, 6.45) is 0. The molecule has 1 aromatic carbocycles. The van der Waals surface area contributed by atoms with Crippen LogP contribution in [0, 0.1) is 13.8 Å². The first kappa shape index (κ1) is 21.9. The van der Waals surface area contributed by atoms with Crippen molar-refractivity contribution in [2.75, 3.05) is 18.5 Å². The minimum atomic E-state index is -4.15. The van der Waals surface area contributed by atoms with Crippen LogP contribution in [0.25, 0.3) is 0 Å². The molecular weight excluding hydrogens is 406 g/mol. The summed E-state index contributed by atoms with van der Waals surface area (Å²) in [6.45, 7) is 4.42. The minimum Gasteiger partial charge on any atom is -0.462 e. The van der Waals surface area contributed by atoms with Gasteiger partial charge in [0, 0.05) is 18.4 Å². The van der Waals surface area contributed by atoms with Crippen molar-refractivity contribution in [1.29, 1.82) is 0 Å². The number of carbonyl (C=O) groups excluding carboxylic acids is 2. The van der Waals surface area contributed by atoms with Crippen LogP contribution >= 0.6 is 11.6 Å². The van der Waals surface area contributed by atoms with Crippen molar-refractivity contribution in [2.24, 2.45) is 7.05 Å². The third-order valence-corrected chi connectivity index (χ3v) is 6.13. The van der Waals surface area contributed by atoms with Gasteiger partial charge in [0.05, 0.1) is 23.9 Å². The SMILES string of the molecule is CCOC(=O)c1c(S(=O)(=O)NCC(=O)Nc2ccccc2Cl)c(C)n(C)c1C. The number of nitrogens with one attached hydrogen (secondary N) is 2. The molecule has 0 fully saturated rings. The van der Waals surface area contributed by atoms with E-state index in [1.807, 2.05) is 0 Å². The maximum atomic E-state index is 12.8. The maximum absolute atomic E-state index is 12.8. The van der Waals surface area contributed by atoms with Crippen LogP contribution in [-0.4, -0.2) is 38.0 Å². The van der Waals surface area contributed by atoms with Crippen LogP contribution in [0.2, 0.25) is 5.02 Å². The number of para-hydroxylation sites is 1. The van der Waals surface area contributed by atoms with Gasteiger partial charge in [0.1, 0.15) is 10.5 Å². The van der Waals surface area contributed by atoms with E-state index in [2.05, 4.69) is 10.0 Å². The molecule has 0 atom stereocenters. The van der Waals surface area contributed by atoms with E-state index in [1.165, 1.54) is 0 Å². The predicted octanol–water partition coefficient (Wildman–Crippen LogP) is 2.39. The number of hydrogen-bond donors (Lipinski definition) is 2. The molecule has 0 spiro atoms. The fraction of sp³-hybridized carbons (Fsp3) is 0.333. The number of aromatic nitrogens is 1. The molecule has 0 aliphatic heterocycles. The fourth-order valence-corrected chi connectivity index (χ4v) is 4.35. The van der Waals surface area contributed by atoms with Crippen LogP contribution in [-0.2, 0) is 26.6 Å². The molecule has 152 valence electrons. The van der Waals surface area contributed by atoms with E-state index >= 15 is 0 Å². The van der Waals surface area contributed by atoms with Crippen molar-refractivity contribution in [3.05, 3.63) is 46.2 Å². The lowest BCUT2D eigenvalue weighted by molar-refractivity contribution is -0.115. The number of sulfonamides is 1. The monoisotopic (exact) mass is 427 g/mol. The summed E-state index contributed by atoms with van der Waals surface area (Å²) in [7, 11) is -2.50. The molecule has 1 aromatic heterocycles. The van der Waals surface area contributed by atoms with E-state index < -0.39 is 28.4 Å². The van der Waals surface area contributed by atoms with E-state index in [1.54, 1.807) is 56.7 Å². The number of esters is 1. The quantitative estimate of drug-likeness (QED) is 0.660. The minimum absolute atomic E-state index is 0.0409. The van der Waals surface area contributed by atoms with Crippen molar-refractivity contribution < 1.29 is 22.7 Å². The summed E-state index contributed by atoms with van der Waals surface area (Å²) in [5.41, 5.74) is 1.14. The molecule has 0 radical (unpaired) electrons. The highest BCUT2D eigenvalue weighted by molar-refractivity contribution is 7.89. The van der Waals surface area contributed by atoms with Crippen LogP contribution in [0.1, 0.15) is 28.7 Å². The molecule has 0 unspecified atom stereocenters. The zero-order valence-electron chi connectivity index (χ0n) is 16.0. The molecule has 2 N–H and O–H groups in total. The summed E-state index contributed by atoms with van der Waals surface area (Å²) in [5, 5.41) is 2.86. The van der Waals surface area contributed by atoms with Crippen molar-refractivity contribution in [2.45, 2.75) is 25.7 Å². The van der Waals surface area contributed by atoms with E-state index in [0.29, 0.717) is 22.1 Å². The van der Waals surface area contributed by atoms with E-state index in [4.69, 9.17) is 16.3 Å². The first-order chi connectivity index (χ1) is 13.1. The zero-order chi connectivity index (χ0) is 21.1. The van der Waals surface area contributed by atoms with Gasteiger partial charge in [-0.1, -0.05) is 23.7 Å². The molecule has 1 heterocycles. The van der Waals surface area contributed by atoms with Gasteiger partial charge in [-0.05, 0) is 32.9 Å². The highest BCUT2D eigenvalue weighted by atomic mass is 35.5. The van der Waals surface area contributed by atoms with Crippen LogP contribution in [0.5, 0.6) is 0 Å². The van der Waals surface area contributed by atoms with Crippen LogP contribution < -0.4 is 10.0 Å². The van der Waals surface area contributed by atoms with Gasteiger partial charge in [0.25, 0.3) is 0 Å². The number of benzene rings is 1. The average Bonchev–Trinajstić information content (AvgIpc) is 2.87. The molecule has 1 amide bonds. The van der Waals surface area contributed by atoms with Crippen molar-refractivity contribution in [3.63, 3.8) is 0 Å². The Morgan fingerprint density at radius 2 is 1.82 bits per heavy atom. The highest BCUT2D eigenvalue weighted by Crippen LogP contribution is 2.27. The second-order valence-corrected chi connectivity index (χ2v) is 8.12. The topological polar surface area (TPSA) is 106 Å². The Balaban J connectivity index is 2.25. The lowest BCUT2D eigenvalue weighted by Crippen LogP contribution is -2.34. The van der Waals surface area contributed by atoms with Gasteiger partial charge in [-0.3, -0.25) is 4.79 Å². The molecule has 0 saturated heterocycles. The molecule has 0 saturated carbocycles. The average molecular weight is 428 g/mol. The molecule has 0 aliphatic carbocycles. The summed E-state index contributed by atoms with van der Waals surface area (Å²) in [6, 6.07) is 6.59. The number of hydrogen-bond acceptors (Lipinski definition) is 5. The van der Waals surface area contributed by atoms with Crippen molar-refractivity contribution in [1.82, 2.24) is 9.29 Å². The second-order valence-electron chi connectivity index (χ2n) is 6.01. The zero-order valence-corrected chi connectivity index (χ0v) is 17.6. The lowest BCUT2D eigenvalue weighted by atomic mass is 10.2. The normalized spacial score (nSPS) is 11.3. The Kier molecular flexibility index (Phi) is 6.87. The molecule has 2 rings (SSSR count). The molecular formula is C18H22ClN3O5S. The van der Waals surface area contributed by atoms with E-state index in [-0.39, 0.29) is 17.1 Å². The van der Waals surface area contributed by atoms with Crippen LogP contribution in [0.15, 0.2) is 29.2 Å². The summed E-state index contributed by atoms with van der Waals surface area (Å²) >= 11 is 5.97. The highest BCUT2D eigenvalue weighted by Gasteiger charge is 2.31. The molecule has 10 heteroatoms. The first-order valence-corrected chi connectivity index (χ1v) is 10.3. The lowest BCUT2D eigenvalue weighted by Gasteiger charge is -2.10. The summed E-state index contributed by atoms with van der Waals surface area (Å²) < 4.78 is 34.5. The third-order valence-electron chi connectivity index (χ3n) is 4.24. The molecule has 8 nitrogen and oxygen atoms in total. The number of anilines is 1. The molecule has 0 aliphatic rings. The van der Waals surface area contributed by atoms with E-state index in [9.17, 15) is 18.0 Å². The Morgan fingerprint density at radius 3 is 2.43 bits per heavy atom. The largest absolute Gasteiger partial charge is 0.462 e. The fourth-order valence-electron chi connectivity index (χ4n) is 2.68. The Labute approximate surface area is 168 Å². The number of halogens is 1. The van der Waals surface area contributed by atoms with Crippen molar-refractivity contribution >= 4 is 39.2 Å². The van der Waals surface area contributed by atoms with E-state index in [0.717, 1.165) is 0 Å². The Bertz CT molecular complexity index is 1010. The molecule has 2 aromatic rings. The molecule has 0 bridgehead atoms. The Morgan fingerprint density at radius 1 is 1.18 bits per heavy atom. The smallest absolute Gasteiger partial charge is 0.341 e. The van der Waals surface area contributed by atoms with Crippen molar-refractivity contribution in [3.8, 4) is 0 Å². The van der Waals surface area contributed by atoms with Crippen LogP contribution in [0.4, 0.5) is 5.69 Å². The van der Waals surface area contributed by atoms with Gasteiger partial charge >= 0.3 is 5.97 Å². The number of ether oxygens (including phenoxy) is 1. The van der Waals surface area contributed by atoms with Gasteiger partial charge in [0.2, 0.25) is 15.9 Å². The van der Waals surface area contributed by atoms with Gasteiger partial charge in [-0.2, -0.15) is 0 Å². The standard InChI is InChI=1S/C18H22ClN3O5S/c1-5-27-18(24)16-11(2)22(4)12(3)17(16)28(25,26)20-10-15(23)21-14-9-7-6-8-13(14)19/h6-9,20H,5,10H2,1-4H3,(H,21,23). The number of rotatable bonds is 7. The third kappa shape index (κ3) is 4.54. The summed E-state index contributed by atoms with van der Waals surface area (Å²) in [5.74, 6) is -1.33. The number of amides is 1. The van der Waals surface area contributed by atoms with Gasteiger partial charge < -0.3 is 14.6 Å².